The van der Waals surface area contributed by atoms with Crippen molar-refractivity contribution in [3.05, 3.63) is 0 Å². The smallest absolute Gasteiger partial charge is 0.423 e. The quantitative estimate of drug-likeness (QED) is 0.123. The average Bonchev–Trinajstić information content (AvgIpc) is 2.62. The molecule has 1 heterocycles. The lowest BCUT2D eigenvalue weighted by atomic mass is 10.5. The fourth-order valence-corrected chi connectivity index (χ4v) is 28.5. The molecule has 0 radical (unpaired) electrons. The lowest BCUT2D eigenvalue weighted by Crippen LogP contribution is -2.69. The van der Waals surface area contributed by atoms with Gasteiger partial charge in [-0.1, -0.05) is 13.1 Å². The first-order valence-electron chi connectivity index (χ1n) is 13.3. The van der Waals surface area contributed by atoms with E-state index >= 15 is 0 Å². The number of rotatable bonds is 18. The van der Waals surface area contributed by atoms with Gasteiger partial charge in [-0.05, 0) is 64.8 Å². The molecule has 0 spiro atoms. The van der Waals surface area contributed by atoms with E-state index in [9.17, 15) is 9.59 Å². The molecule has 0 aliphatic carbocycles. The van der Waals surface area contributed by atoms with Crippen LogP contribution in [0.25, 0.3) is 0 Å². The summed E-state index contributed by atoms with van der Waals surface area (Å²) in [6, 6.07) is 0.704. The van der Waals surface area contributed by atoms with Gasteiger partial charge in [-0.25, -0.2) is 0 Å². The maximum absolute atomic E-state index is 10.9. The predicted octanol–water partition coefficient (Wildman–Crippen LogP) is 0.315. The Morgan fingerprint density at radius 3 is 1.89 bits per heavy atom. The van der Waals surface area contributed by atoms with Gasteiger partial charge in [0, 0.05) is 26.2 Å². The van der Waals surface area contributed by atoms with Crippen LogP contribution in [0.1, 0.15) is 6.42 Å². The Balaban J connectivity index is 3.27. The molecule has 11 nitrogen and oxygen atoms in total. The van der Waals surface area contributed by atoms with Gasteiger partial charge in [0.2, 0.25) is 0 Å². The van der Waals surface area contributed by atoms with Gasteiger partial charge < -0.3 is 46.0 Å². The molecular formula is C19H54BN3O8Si6. The van der Waals surface area contributed by atoms with E-state index in [-0.39, 0.29) is 0 Å². The molecule has 1 fully saturated rings. The van der Waals surface area contributed by atoms with Crippen LogP contribution in [0.4, 0.5) is 0 Å². The predicted molar refractivity (Wildman–Crippen MR) is 164 cm³/mol. The summed E-state index contributed by atoms with van der Waals surface area (Å²) in [5.74, 6) is 0. The van der Waals surface area contributed by atoms with Crippen molar-refractivity contribution >= 4 is 58.7 Å². The summed E-state index contributed by atoms with van der Waals surface area (Å²) >= 11 is 0. The maximum Gasteiger partial charge on any atom is 0.487 e. The van der Waals surface area contributed by atoms with E-state index in [0.29, 0.717) is 32.0 Å². The van der Waals surface area contributed by atoms with E-state index in [0.717, 1.165) is 32.6 Å². The standard InChI is InChI=1S/C19H54BN3O8Si6/c1-32(2,20)27-37(29-34(5,6)25,19-23-14-16-26-17-15-23)31-35(7,8)30-36(9,28-33(3,4)24)18-10-12-22-13-11-21/h22,24-25H,10-21H2,1-9H3. The van der Waals surface area contributed by atoms with Gasteiger partial charge >= 0.3 is 43.0 Å². The van der Waals surface area contributed by atoms with Crippen LogP contribution in [0.5, 0.6) is 0 Å². The first-order chi connectivity index (χ1) is 16.7. The van der Waals surface area contributed by atoms with E-state index in [2.05, 4.69) is 30.7 Å². The number of hydrogen-bond acceptors (Lipinski definition) is 11. The summed E-state index contributed by atoms with van der Waals surface area (Å²) in [7, 11) is -15.1. The van der Waals surface area contributed by atoms with Gasteiger partial charge in [0.25, 0.3) is 0 Å². The molecule has 220 valence electrons. The van der Waals surface area contributed by atoms with Crippen molar-refractivity contribution in [1.29, 1.82) is 0 Å². The zero-order valence-corrected chi connectivity index (χ0v) is 30.9. The molecule has 0 saturated carbocycles. The molecule has 0 aromatic rings. The van der Waals surface area contributed by atoms with Crippen molar-refractivity contribution in [2.24, 2.45) is 5.73 Å². The number of nitrogens with two attached hydrogens (primary N) is 1. The molecule has 0 bridgehead atoms. The number of hydrogen-bond donors (Lipinski definition) is 4. The van der Waals surface area contributed by atoms with Crippen LogP contribution < -0.4 is 11.1 Å². The minimum Gasteiger partial charge on any atom is -0.423 e. The third kappa shape index (κ3) is 16.7. The van der Waals surface area contributed by atoms with Gasteiger partial charge in [-0.15, -0.1) is 0 Å². The SMILES string of the molecule is B[Si](C)(C)O[Si](CN1CCOCC1)(O[Si](C)(C)O)O[Si](C)(C)O[Si](C)(CCCNCCN)O[Si](C)(C)O. The minimum absolute atomic E-state index is 0.472. The lowest BCUT2D eigenvalue weighted by Gasteiger charge is -2.46. The normalized spacial score (nSPS) is 20.0. The third-order valence-corrected chi connectivity index (χ3v) is 24.7. The molecule has 1 saturated heterocycles. The molecule has 0 amide bonds. The summed E-state index contributed by atoms with van der Waals surface area (Å²) in [5.41, 5.74) is 5.59. The molecule has 18 heteroatoms. The summed E-state index contributed by atoms with van der Waals surface area (Å²) in [6.07, 6.45) is 1.31. The van der Waals surface area contributed by atoms with Crippen LogP contribution in [0.15, 0.2) is 0 Å². The molecule has 1 rings (SSSR count). The summed E-state index contributed by atoms with van der Waals surface area (Å²) in [5, 5.41) is 3.32. The minimum atomic E-state index is -3.43. The second-order valence-corrected chi connectivity index (χ2v) is 33.6. The van der Waals surface area contributed by atoms with Gasteiger partial charge in [0.05, 0.1) is 19.4 Å². The van der Waals surface area contributed by atoms with Gasteiger partial charge in [-0.2, -0.15) is 0 Å². The van der Waals surface area contributed by atoms with Crippen LogP contribution in [-0.2, 0) is 25.3 Å². The average molecular weight is 632 g/mol. The Labute approximate surface area is 232 Å². The van der Waals surface area contributed by atoms with Gasteiger partial charge in [-0.3, -0.25) is 4.90 Å². The first kappa shape index (κ1) is 36.0. The van der Waals surface area contributed by atoms with Crippen molar-refractivity contribution in [3.8, 4) is 0 Å². The Morgan fingerprint density at radius 2 is 1.41 bits per heavy atom. The topological polar surface area (TPSA) is 137 Å². The molecule has 37 heavy (non-hydrogen) atoms. The first-order valence-corrected chi connectivity index (χ1v) is 29.7. The molecular weight excluding hydrogens is 578 g/mol. The van der Waals surface area contributed by atoms with Crippen LogP contribution in [0.2, 0.25) is 65.0 Å². The highest BCUT2D eigenvalue weighted by Crippen LogP contribution is 2.30. The zero-order valence-electron chi connectivity index (χ0n) is 24.9. The second kappa shape index (κ2) is 14.7. The summed E-state index contributed by atoms with van der Waals surface area (Å²) < 4.78 is 38.9. The molecule has 1 aliphatic rings. The van der Waals surface area contributed by atoms with E-state index in [4.69, 9.17) is 31.0 Å². The van der Waals surface area contributed by atoms with E-state index in [1.807, 2.05) is 19.6 Å². The van der Waals surface area contributed by atoms with E-state index < -0.39 is 51.2 Å². The lowest BCUT2D eigenvalue weighted by molar-refractivity contribution is 0.0374. The highest BCUT2D eigenvalue weighted by Gasteiger charge is 2.55. The van der Waals surface area contributed by atoms with Crippen molar-refractivity contribution in [3.63, 3.8) is 0 Å². The number of morpholine rings is 1. The molecule has 0 aromatic heterocycles. The zero-order chi connectivity index (χ0) is 28.6. The van der Waals surface area contributed by atoms with E-state index in [1.165, 1.54) is 0 Å². The van der Waals surface area contributed by atoms with Gasteiger partial charge in [0.1, 0.15) is 15.6 Å². The summed E-state index contributed by atoms with van der Waals surface area (Å²) in [4.78, 5) is 23.9. The number of nitrogens with one attached hydrogen (secondary N) is 1. The monoisotopic (exact) mass is 631 g/mol. The molecule has 2 unspecified atom stereocenters. The number of nitrogens with zero attached hydrogens (tertiary/aromatic N) is 1. The Bertz CT molecular complexity index is 662. The summed E-state index contributed by atoms with van der Waals surface area (Å²) in [6.45, 7) is 22.2. The molecule has 5 N–H and O–H groups in total. The van der Waals surface area contributed by atoms with Gasteiger partial charge in [0.15, 0.2) is 0 Å². The van der Waals surface area contributed by atoms with Crippen LogP contribution in [-0.4, -0.2) is 125 Å². The van der Waals surface area contributed by atoms with E-state index in [1.54, 1.807) is 26.2 Å². The molecule has 1 aliphatic heterocycles. The third-order valence-electron chi connectivity index (χ3n) is 5.02. The highest BCUT2D eigenvalue weighted by molar-refractivity contribution is 7.14. The number of ether oxygens (including phenoxy) is 1. The maximum atomic E-state index is 10.9. The van der Waals surface area contributed by atoms with Crippen molar-refractivity contribution in [2.75, 3.05) is 52.1 Å². The van der Waals surface area contributed by atoms with Crippen LogP contribution >= 0.6 is 0 Å². The second-order valence-electron chi connectivity index (χ2n) is 12.3. The molecule has 2 atom stereocenters. The highest BCUT2D eigenvalue weighted by atomic mass is 28.5. The van der Waals surface area contributed by atoms with Crippen LogP contribution in [0.3, 0.4) is 0 Å². The molecule has 0 aromatic carbocycles. The Hall–Kier alpha value is 0.926. The van der Waals surface area contributed by atoms with Crippen molar-refractivity contribution in [2.45, 2.75) is 71.4 Å². The Kier molecular flexibility index (Phi) is 14.3. The van der Waals surface area contributed by atoms with Crippen molar-refractivity contribution in [1.82, 2.24) is 10.2 Å². The largest absolute Gasteiger partial charge is 0.487 e. The van der Waals surface area contributed by atoms with Crippen molar-refractivity contribution < 1.29 is 34.9 Å². The fourth-order valence-electron chi connectivity index (χ4n) is 4.37. The fraction of sp³-hybridized carbons (Fsp3) is 1.00. The van der Waals surface area contributed by atoms with Crippen LogP contribution in [0, 0.1) is 0 Å². The Morgan fingerprint density at radius 1 is 0.838 bits per heavy atom.